The van der Waals surface area contributed by atoms with Crippen LogP contribution in [0.2, 0.25) is 0 Å². The Balaban J connectivity index is 2.22. The summed E-state index contributed by atoms with van der Waals surface area (Å²) in [4.78, 5) is 21.6. The van der Waals surface area contributed by atoms with E-state index in [1.165, 1.54) is 23.5 Å². The fourth-order valence-electron chi connectivity index (χ4n) is 2.99. The number of carboxylic acid groups (broad SMARTS) is 2. The summed E-state index contributed by atoms with van der Waals surface area (Å²) in [5, 5.41) is 26.5. The summed E-state index contributed by atoms with van der Waals surface area (Å²) in [6.07, 6.45) is 0. The van der Waals surface area contributed by atoms with Gasteiger partial charge in [-0.2, -0.15) is 10.2 Å². The van der Waals surface area contributed by atoms with Crippen LogP contribution in [0.5, 0.6) is 11.5 Å². The first-order valence-electron chi connectivity index (χ1n) is 10.3. The minimum absolute atomic E-state index is 0.0165. The van der Waals surface area contributed by atoms with Crippen molar-refractivity contribution in [3.8, 4) is 11.5 Å². The molecule has 0 amide bonds. The molecule has 0 aromatic heterocycles. The van der Waals surface area contributed by atoms with Gasteiger partial charge in [0.1, 0.15) is 11.5 Å². The summed E-state index contributed by atoms with van der Waals surface area (Å²) in [5.74, 6) is 0.724. The van der Waals surface area contributed by atoms with Crippen molar-refractivity contribution in [3.63, 3.8) is 0 Å². The lowest BCUT2D eigenvalue weighted by molar-refractivity contribution is -0.134. The van der Waals surface area contributed by atoms with Crippen molar-refractivity contribution >= 4 is 46.9 Å². The Morgan fingerprint density at radius 2 is 1.15 bits per heavy atom. The van der Waals surface area contributed by atoms with Crippen LogP contribution < -0.4 is 9.47 Å². The number of thioether (sulfide) groups is 2. The molecule has 182 valence electrons. The quantitative estimate of drug-likeness (QED) is 0.301. The van der Waals surface area contributed by atoms with Gasteiger partial charge in [-0.15, -0.1) is 23.5 Å². The molecule has 0 saturated heterocycles. The molecule has 0 heterocycles. The maximum Gasteiger partial charge on any atom is 0.313 e. The van der Waals surface area contributed by atoms with Crippen molar-refractivity contribution in [2.24, 2.45) is 10.2 Å². The van der Waals surface area contributed by atoms with E-state index in [0.29, 0.717) is 34.4 Å². The molecule has 2 aromatic carbocycles. The number of rotatable bonds is 13. The first-order chi connectivity index (χ1) is 16.2. The average Bonchev–Trinajstić information content (AvgIpc) is 2.81. The van der Waals surface area contributed by atoms with Crippen molar-refractivity contribution in [2.45, 2.75) is 25.4 Å². The second-order valence-corrected chi connectivity index (χ2v) is 9.17. The summed E-state index contributed by atoms with van der Waals surface area (Å²) in [6, 6.07) is 11.3. The van der Waals surface area contributed by atoms with E-state index in [4.69, 9.17) is 19.7 Å². The molecule has 2 rings (SSSR count). The Hall–Kier alpha value is -2.98. The second-order valence-electron chi connectivity index (χ2n) is 7.20. The zero-order chi connectivity index (χ0) is 25.1. The van der Waals surface area contributed by atoms with Gasteiger partial charge in [-0.25, -0.2) is 0 Å². The monoisotopic (exact) mass is 504 g/mol. The molecule has 0 radical (unpaired) electrons. The number of aliphatic carboxylic acids is 2. The molecule has 0 unspecified atom stereocenters. The molecule has 0 fully saturated rings. The molecule has 2 aromatic rings. The Labute approximate surface area is 207 Å². The van der Waals surface area contributed by atoms with Gasteiger partial charge in [0.05, 0.1) is 37.1 Å². The molecule has 0 aliphatic heterocycles. The third-order valence-corrected chi connectivity index (χ3v) is 6.64. The molecule has 8 nitrogen and oxygen atoms in total. The van der Waals surface area contributed by atoms with Crippen LogP contribution in [0.3, 0.4) is 0 Å². The molecule has 0 atom stereocenters. The predicted molar refractivity (Wildman–Crippen MR) is 138 cm³/mol. The number of methoxy groups -OCH3 is 2. The molecule has 2 N–H and O–H groups in total. The normalized spacial score (nSPS) is 11.9. The van der Waals surface area contributed by atoms with E-state index < -0.39 is 11.9 Å². The van der Waals surface area contributed by atoms with Crippen LogP contribution in [0.25, 0.3) is 0 Å². The Morgan fingerprint density at radius 1 is 0.765 bits per heavy atom. The molecule has 0 aliphatic carbocycles. The third kappa shape index (κ3) is 8.42. The van der Waals surface area contributed by atoms with Crippen molar-refractivity contribution in [1.82, 2.24) is 0 Å². The minimum atomic E-state index is -0.857. The first kappa shape index (κ1) is 27.3. The van der Waals surface area contributed by atoms with Gasteiger partial charge in [0.15, 0.2) is 0 Å². The summed E-state index contributed by atoms with van der Waals surface area (Å²) in [5.41, 5.74) is 4.92. The largest absolute Gasteiger partial charge is 0.496 e. The van der Waals surface area contributed by atoms with E-state index in [-0.39, 0.29) is 11.5 Å². The van der Waals surface area contributed by atoms with Crippen LogP contribution in [0.15, 0.2) is 46.6 Å². The molecule has 34 heavy (non-hydrogen) atoms. The van der Waals surface area contributed by atoms with E-state index >= 15 is 0 Å². The fourth-order valence-corrected chi connectivity index (χ4v) is 4.44. The number of benzene rings is 2. The molecule has 10 heteroatoms. The number of hydrogen-bond acceptors (Lipinski definition) is 8. The van der Waals surface area contributed by atoms with Crippen LogP contribution in [0, 0.1) is 0 Å². The average molecular weight is 505 g/mol. The molecular weight excluding hydrogens is 476 g/mol. The van der Waals surface area contributed by atoms with Crippen LogP contribution in [-0.4, -0.2) is 59.3 Å². The third-order valence-electron chi connectivity index (χ3n) is 4.71. The predicted octanol–water partition coefficient (Wildman–Crippen LogP) is 4.57. The molecule has 0 spiro atoms. The lowest BCUT2D eigenvalue weighted by Crippen LogP contribution is -2.02. The van der Waals surface area contributed by atoms with Gasteiger partial charge in [-0.1, -0.05) is 0 Å². The van der Waals surface area contributed by atoms with Crippen molar-refractivity contribution in [2.75, 3.05) is 25.7 Å². The molecular formula is C24H28N2O6S2. The second kappa shape index (κ2) is 13.7. The number of carbonyl (C=O) groups is 2. The zero-order valence-electron chi connectivity index (χ0n) is 19.5. The standard InChI is InChI=1S/C24H28N2O6S2/c1-15(17-5-7-21(31-3)19(9-17)11-33-13-23(27)28)25-26-16(2)18-6-8-22(32-4)20(10-18)12-34-14-24(29)30/h5-10H,11-14H2,1-4H3,(H,27,28)(H,29,30). The smallest absolute Gasteiger partial charge is 0.313 e. The van der Waals surface area contributed by atoms with Gasteiger partial charge >= 0.3 is 11.9 Å². The van der Waals surface area contributed by atoms with E-state index in [0.717, 1.165) is 22.3 Å². The van der Waals surface area contributed by atoms with Crippen LogP contribution in [-0.2, 0) is 21.1 Å². The lowest BCUT2D eigenvalue weighted by atomic mass is 10.1. The van der Waals surface area contributed by atoms with E-state index in [1.54, 1.807) is 14.2 Å². The van der Waals surface area contributed by atoms with E-state index in [1.807, 2.05) is 50.2 Å². The van der Waals surface area contributed by atoms with Crippen molar-refractivity contribution in [1.29, 1.82) is 0 Å². The van der Waals surface area contributed by atoms with Gasteiger partial charge in [-0.05, 0) is 61.4 Å². The van der Waals surface area contributed by atoms with Crippen LogP contribution in [0.1, 0.15) is 36.1 Å². The minimum Gasteiger partial charge on any atom is -0.496 e. The molecule has 0 bridgehead atoms. The van der Waals surface area contributed by atoms with Gasteiger partial charge in [0.25, 0.3) is 0 Å². The number of carboxylic acids is 2. The summed E-state index contributed by atoms with van der Waals surface area (Å²) in [7, 11) is 3.16. The number of ether oxygens (including phenoxy) is 2. The van der Waals surface area contributed by atoms with Gasteiger partial charge < -0.3 is 19.7 Å². The fraction of sp³-hybridized carbons (Fsp3) is 0.333. The summed E-state index contributed by atoms with van der Waals surface area (Å²) < 4.78 is 10.8. The van der Waals surface area contributed by atoms with Crippen molar-refractivity contribution < 1.29 is 29.3 Å². The highest BCUT2D eigenvalue weighted by molar-refractivity contribution is 7.99. The summed E-state index contributed by atoms with van der Waals surface area (Å²) >= 11 is 2.60. The van der Waals surface area contributed by atoms with E-state index in [2.05, 4.69) is 10.2 Å². The number of hydrogen-bond donors (Lipinski definition) is 2. The Bertz CT molecular complexity index is 1000. The highest BCUT2D eigenvalue weighted by Gasteiger charge is 2.10. The maximum absolute atomic E-state index is 10.8. The first-order valence-corrected chi connectivity index (χ1v) is 12.6. The highest BCUT2D eigenvalue weighted by Crippen LogP contribution is 2.26. The van der Waals surface area contributed by atoms with Crippen LogP contribution in [0.4, 0.5) is 0 Å². The topological polar surface area (TPSA) is 118 Å². The maximum atomic E-state index is 10.8. The summed E-state index contributed by atoms with van der Waals surface area (Å²) in [6.45, 7) is 3.71. The van der Waals surface area contributed by atoms with Gasteiger partial charge in [0.2, 0.25) is 0 Å². The SMILES string of the molecule is COc1ccc(C(C)=NN=C(C)c2ccc(OC)c(CSCC(=O)O)c2)cc1CSCC(=O)O. The highest BCUT2D eigenvalue weighted by atomic mass is 32.2. The van der Waals surface area contributed by atoms with Gasteiger partial charge in [0, 0.05) is 22.6 Å². The molecule has 0 saturated carbocycles. The Kier molecular flexibility index (Phi) is 11.0. The Morgan fingerprint density at radius 3 is 1.47 bits per heavy atom. The van der Waals surface area contributed by atoms with Gasteiger partial charge in [-0.3, -0.25) is 9.59 Å². The zero-order valence-corrected chi connectivity index (χ0v) is 21.2. The van der Waals surface area contributed by atoms with Crippen molar-refractivity contribution in [3.05, 3.63) is 58.7 Å². The molecule has 0 aliphatic rings. The van der Waals surface area contributed by atoms with E-state index in [9.17, 15) is 9.59 Å². The number of nitrogens with zero attached hydrogens (tertiary/aromatic N) is 2. The van der Waals surface area contributed by atoms with Crippen LogP contribution >= 0.6 is 23.5 Å². The lowest BCUT2D eigenvalue weighted by Gasteiger charge is -2.11.